The van der Waals surface area contributed by atoms with Crippen LogP contribution in [-0.4, -0.2) is 22.2 Å². The SMILES string of the molecule is CCCCCCCCCCCCCCCCCCCCC=CC(CCCC(=O)O)C(=O)O. The van der Waals surface area contributed by atoms with Gasteiger partial charge in [0.05, 0.1) is 5.92 Å². The van der Waals surface area contributed by atoms with Crippen molar-refractivity contribution < 1.29 is 19.8 Å². The standard InChI is InChI=1S/C28H52O4/c1-2-3-4-5-6-7-8-9-10-11-12-13-14-15-16-17-18-19-20-21-23-26(28(31)32)24-22-25-27(29)30/h21,23,26H,2-20,22,24-25H2,1H3,(H,29,30)(H,31,32). The summed E-state index contributed by atoms with van der Waals surface area (Å²) in [5, 5.41) is 17.8. The highest BCUT2D eigenvalue weighted by molar-refractivity contribution is 5.72. The number of carboxylic acids is 2. The Balaban J connectivity index is 3.35. The minimum atomic E-state index is -0.864. The van der Waals surface area contributed by atoms with Crippen LogP contribution in [0.15, 0.2) is 12.2 Å². The fourth-order valence-electron chi connectivity index (χ4n) is 4.20. The lowest BCUT2D eigenvalue weighted by Gasteiger charge is -2.06. The fraction of sp³-hybridized carbons (Fsp3) is 0.857. The summed E-state index contributed by atoms with van der Waals surface area (Å²) in [6.45, 7) is 2.28. The second kappa shape index (κ2) is 24.3. The molecule has 0 bridgehead atoms. The lowest BCUT2D eigenvalue weighted by atomic mass is 10.0. The molecule has 1 atom stereocenters. The maximum Gasteiger partial charge on any atom is 0.310 e. The average Bonchev–Trinajstić information content (AvgIpc) is 2.76. The van der Waals surface area contributed by atoms with E-state index in [-0.39, 0.29) is 6.42 Å². The highest BCUT2D eigenvalue weighted by atomic mass is 16.4. The van der Waals surface area contributed by atoms with Crippen molar-refractivity contribution in [3.05, 3.63) is 12.2 Å². The lowest BCUT2D eigenvalue weighted by molar-refractivity contribution is -0.141. The van der Waals surface area contributed by atoms with E-state index >= 15 is 0 Å². The molecule has 0 amide bonds. The zero-order chi connectivity index (χ0) is 23.7. The first-order chi connectivity index (χ1) is 15.6. The minimum absolute atomic E-state index is 0.0386. The Labute approximate surface area is 198 Å². The van der Waals surface area contributed by atoms with Gasteiger partial charge in [-0.1, -0.05) is 128 Å². The molecule has 0 spiro atoms. The zero-order valence-corrected chi connectivity index (χ0v) is 21.0. The van der Waals surface area contributed by atoms with E-state index in [4.69, 9.17) is 5.11 Å². The zero-order valence-electron chi connectivity index (χ0n) is 21.0. The Morgan fingerprint density at radius 1 is 0.625 bits per heavy atom. The monoisotopic (exact) mass is 452 g/mol. The van der Waals surface area contributed by atoms with Crippen LogP contribution in [-0.2, 0) is 9.59 Å². The first kappa shape index (κ1) is 30.7. The van der Waals surface area contributed by atoms with Gasteiger partial charge in [-0.3, -0.25) is 9.59 Å². The molecule has 0 aromatic rings. The average molecular weight is 453 g/mol. The molecule has 0 aliphatic heterocycles. The predicted octanol–water partition coefficient (Wildman–Crippen LogP) is 8.93. The van der Waals surface area contributed by atoms with E-state index in [0.29, 0.717) is 12.8 Å². The molecule has 0 aliphatic rings. The number of aliphatic carboxylic acids is 2. The molecule has 4 nitrogen and oxygen atoms in total. The number of allylic oxidation sites excluding steroid dienone is 1. The normalized spacial score (nSPS) is 12.4. The summed E-state index contributed by atoms with van der Waals surface area (Å²) >= 11 is 0. The number of rotatable bonds is 25. The molecule has 0 radical (unpaired) electrons. The van der Waals surface area contributed by atoms with Crippen molar-refractivity contribution in [3.8, 4) is 0 Å². The van der Waals surface area contributed by atoms with Gasteiger partial charge in [-0.2, -0.15) is 0 Å². The maximum atomic E-state index is 11.2. The van der Waals surface area contributed by atoms with Crippen LogP contribution in [0.4, 0.5) is 0 Å². The number of hydrogen-bond donors (Lipinski definition) is 2. The Bertz CT molecular complexity index is 458. The summed E-state index contributed by atoms with van der Waals surface area (Å²) < 4.78 is 0. The number of unbranched alkanes of at least 4 members (excludes halogenated alkanes) is 18. The van der Waals surface area contributed by atoms with Crippen molar-refractivity contribution in [3.63, 3.8) is 0 Å². The van der Waals surface area contributed by atoms with E-state index in [2.05, 4.69) is 6.92 Å². The van der Waals surface area contributed by atoms with Crippen molar-refractivity contribution in [2.45, 2.75) is 148 Å². The molecule has 0 aromatic carbocycles. The molecular weight excluding hydrogens is 400 g/mol. The summed E-state index contributed by atoms with van der Waals surface area (Å²) in [4.78, 5) is 21.7. The number of hydrogen-bond acceptors (Lipinski definition) is 2. The predicted molar refractivity (Wildman–Crippen MR) is 135 cm³/mol. The minimum Gasteiger partial charge on any atom is -0.481 e. The molecular formula is C28H52O4. The molecule has 188 valence electrons. The largest absolute Gasteiger partial charge is 0.481 e. The fourth-order valence-corrected chi connectivity index (χ4v) is 4.20. The maximum absolute atomic E-state index is 11.2. The smallest absolute Gasteiger partial charge is 0.310 e. The molecule has 4 heteroatoms. The highest BCUT2D eigenvalue weighted by Gasteiger charge is 2.13. The third-order valence-electron chi connectivity index (χ3n) is 6.32. The van der Waals surface area contributed by atoms with E-state index < -0.39 is 17.9 Å². The van der Waals surface area contributed by atoms with Gasteiger partial charge in [0.1, 0.15) is 0 Å². The van der Waals surface area contributed by atoms with Crippen LogP contribution in [0.1, 0.15) is 148 Å². The van der Waals surface area contributed by atoms with Crippen LogP contribution in [0.25, 0.3) is 0 Å². The first-order valence-corrected chi connectivity index (χ1v) is 13.7. The van der Waals surface area contributed by atoms with Crippen molar-refractivity contribution >= 4 is 11.9 Å². The molecule has 32 heavy (non-hydrogen) atoms. The molecule has 0 heterocycles. The third kappa shape index (κ3) is 23.3. The topological polar surface area (TPSA) is 74.6 Å². The van der Waals surface area contributed by atoms with Crippen molar-refractivity contribution in [2.75, 3.05) is 0 Å². The first-order valence-electron chi connectivity index (χ1n) is 13.7. The van der Waals surface area contributed by atoms with Gasteiger partial charge < -0.3 is 10.2 Å². The quantitative estimate of drug-likeness (QED) is 0.107. The van der Waals surface area contributed by atoms with Crippen LogP contribution in [0.3, 0.4) is 0 Å². The number of carbonyl (C=O) groups is 2. The van der Waals surface area contributed by atoms with Crippen LogP contribution in [0.5, 0.6) is 0 Å². The summed E-state index contributed by atoms with van der Waals surface area (Å²) in [5.41, 5.74) is 0. The third-order valence-corrected chi connectivity index (χ3v) is 6.32. The van der Waals surface area contributed by atoms with Crippen LogP contribution < -0.4 is 0 Å². The Kier molecular flexibility index (Phi) is 23.3. The van der Waals surface area contributed by atoms with Crippen LogP contribution >= 0.6 is 0 Å². The molecule has 0 aliphatic carbocycles. The Morgan fingerprint density at radius 3 is 1.41 bits per heavy atom. The van der Waals surface area contributed by atoms with Gasteiger partial charge in [0.2, 0.25) is 0 Å². The number of carboxylic acid groups (broad SMARTS) is 2. The van der Waals surface area contributed by atoms with Crippen LogP contribution in [0, 0.1) is 5.92 Å². The van der Waals surface area contributed by atoms with E-state index in [1.54, 1.807) is 6.08 Å². The van der Waals surface area contributed by atoms with E-state index in [9.17, 15) is 14.7 Å². The molecule has 0 rings (SSSR count). The molecule has 0 aromatic heterocycles. The van der Waals surface area contributed by atoms with Gasteiger partial charge >= 0.3 is 11.9 Å². The van der Waals surface area contributed by atoms with Crippen molar-refractivity contribution in [1.29, 1.82) is 0 Å². The summed E-state index contributed by atoms with van der Waals surface area (Å²) in [7, 11) is 0. The van der Waals surface area contributed by atoms with E-state index in [0.717, 1.165) is 12.8 Å². The van der Waals surface area contributed by atoms with Crippen molar-refractivity contribution in [1.82, 2.24) is 0 Å². The lowest BCUT2D eigenvalue weighted by Crippen LogP contribution is -2.11. The second-order valence-electron chi connectivity index (χ2n) is 9.46. The van der Waals surface area contributed by atoms with Crippen molar-refractivity contribution in [2.24, 2.45) is 5.92 Å². The van der Waals surface area contributed by atoms with E-state index in [1.165, 1.54) is 109 Å². The Hall–Kier alpha value is -1.32. The second-order valence-corrected chi connectivity index (χ2v) is 9.46. The molecule has 0 saturated carbocycles. The summed E-state index contributed by atoms with van der Waals surface area (Å²) in [6.07, 6.45) is 30.1. The molecule has 2 N–H and O–H groups in total. The van der Waals surface area contributed by atoms with Gasteiger partial charge in [-0.25, -0.2) is 0 Å². The van der Waals surface area contributed by atoms with Crippen LogP contribution in [0.2, 0.25) is 0 Å². The summed E-state index contributed by atoms with van der Waals surface area (Å²) in [6, 6.07) is 0. The molecule has 1 unspecified atom stereocenters. The molecule has 0 fully saturated rings. The Morgan fingerprint density at radius 2 is 1.03 bits per heavy atom. The van der Waals surface area contributed by atoms with Gasteiger partial charge in [-0.15, -0.1) is 0 Å². The van der Waals surface area contributed by atoms with Gasteiger partial charge in [0.15, 0.2) is 0 Å². The molecule has 0 saturated heterocycles. The van der Waals surface area contributed by atoms with E-state index in [1.807, 2.05) is 6.08 Å². The van der Waals surface area contributed by atoms with Gasteiger partial charge in [-0.05, 0) is 25.7 Å². The van der Waals surface area contributed by atoms with Gasteiger partial charge in [0, 0.05) is 6.42 Å². The summed E-state index contributed by atoms with van der Waals surface area (Å²) in [5.74, 6) is -2.27. The highest BCUT2D eigenvalue weighted by Crippen LogP contribution is 2.15. The van der Waals surface area contributed by atoms with Gasteiger partial charge in [0.25, 0.3) is 0 Å².